The van der Waals surface area contributed by atoms with E-state index in [0.717, 1.165) is 30.5 Å². The van der Waals surface area contributed by atoms with Gasteiger partial charge < -0.3 is 4.74 Å². The van der Waals surface area contributed by atoms with Gasteiger partial charge >= 0.3 is 6.09 Å². The number of halogens is 4. The van der Waals surface area contributed by atoms with Gasteiger partial charge in [-0.2, -0.15) is 0 Å². The first kappa shape index (κ1) is 17.1. The zero-order valence-electron chi connectivity index (χ0n) is 12.5. The molecule has 1 saturated carbocycles. The smallest absolute Gasteiger partial charge is 0.411 e. The summed E-state index contributed by atoms with van der Waals surface area (Å²) >= 11 is 16.7. The molecule has 2 aliphatic carbocycles. The lowest BCUT2D eigenvalue weighted by Crippen LogP contribution is -2.23. The number of pyridine rings is 1. The van der Waals surface area contributed by atoms with Crippen molar-refractivity contribution < 1.29 is 13.9 Å². The fourth-order valence-electron chi connectivity index (χ4n) is 2.92. The first-order valence-corrected chi connectivity index (χ1v) is 8.55. The molecule has 0 aromatic carbocycles. The quantitative estimate of drug-likeness (QED) is 0.768. The summed E-state index contributed by atoms with van der Waals surface area (Å²) in [6.45, 7) is 1.40. The predicted octanol–water partition coefficient (Wildman–Crippen LogP) is 4.76. The Morgan fingerprint density at radius 2 is 2.09 bits per heavy atom. The van der Waals surface area contributed by atoms with E-state index in [9.17, 15) is 9.18 Å². The van der Waals surface area contributed by atoms with E-state index in [-0.39, 0.29) is 6.61 Å². The summed E-state index contributed by atoms with van der Waals surface area (Å²) in [7, 11) is 0. The number of ether oxygens (including phenoxy) is 1. The molecule has 8 heteroatoms. The Morgan fingerprint density at radius 1 is 1.39 bits per heavy atom. The van der Waals surface area contributed by atoms with Crippen LogP contribution in [0.3, 0.4) is 0 Å². The van der Waals surface area contributed by atoms with E-state index >= 15 is 0 Å². The number of nitrogens with zero attached hydrogens (tertiary/aromatic N) is 1. The van der Waals surface area contributed by atoms with Gasteiger partial charge in [-0.15, -0.1) is 0 Å². The van der Waals surface area contributed by atoms with Gasteiger partial charge in [0.05, 0.1) is 11.4 Å². The average Bonchev–Trinajstić information content (AvgIpc) is 3.02. The molecule has 1 fully saturated rings. The lowest BCUT2D eigenvalue weighted by molar-refractivity contribution is 0.164. The lowest BCUT2D eigenvalue weighted by atomic mass is 10.0. The van der Waals surface area contributed by atoms with Crippen molar-refractivity contribution >= 4 is 46.6 Å². The highest BCUT2D eigenvalue weighted by Crippen LogP contribution is 2.51. The van der Waals surface area contributed by atoms with Gasteiger partial charge in [-0.3, -0.25) is 10.3 Å². The molecule has 0 unspecified atom stereocenters. The number of anilines is 1. The number of nitrogens with one attached hydrogen (secondary N) is 1. The molecular weight excluding hydrogens is 366 g/mol. The number of hydrogen-bond acceptors (Lipinski definition) is 3. The van der Waals surface area contributed by atoms with Crippen molar-refractivity contribution in [3.8, 4) is 0 Å². The largest absolute Gasteiger partial charge is 0.445 e. The maximum Gasteiger partial charge on any atom is 0.411 e. The number of amides is 1. The van der Waals surface area contributed by atoms with Crippen molar-refractivity contribution in [3.63, 3.8) is 0 Å². The van der Waals surface area contributed by atoms with Gasteiger partial charge in [0.1, 0.15) is 6.61 Å². The van der Waals surface area contributed by atoms with Crippen LogP contribution in [0.4, 0.5) is 14.9 Å². The molecule has 23 heavy (non-hydrogen) atoms. The lowest BCUT2D eigenvalue weighted by Gasteiger charge is -2.19. The Hall–Kier alpha value is -0.780. The zero-order chi connectivity index (χ0) is 16.8. The van der Waals surface area contributed by atoms with E-state index in [0.29, 0.717) is 29.8 Å². The van der Waals surface area contributed by atoms with Crippen molar-refractivity contribution in [2.75, 3.05) is 11.9 Å². The molecule has 0 spiro atoms. The minimum atomic E-state index is -1.67. The highest BCUT2D eigenvalue weighted by atomic mass is 35.6. The number of rotatable bonds is 3. The highest BCUT2D eigenvalue weighted by Gasteiger charge is 2.48. The van der Waals surface area contributed by atoms with Gasteiger partial charge in [0.15, 0.2) is 5.67 Å². The van der Waals surface area contributed by atoms with Crippen LogP contribution >= 0.6 is 34.8 Å². The second-order valence-electron chi connectivity index (χ2n) is 6.02. The molecule has 2 aliphatic rings. The zero-order valence-corrected chi connectivity index (χ0v) is 14.8. The third kappa shape index (κ3) is 3.67. The molecule has 0 bridgehead atoms. The van der Waals surface area contributed by atoms with Crippen LogP contribution in [0.2, 0.25) is 0 Å². The van der Waals surface area contributed by atoms with Crippen LogP contribution in [0.15, 0.2) is 0 Å². The molecule has 1 aromatic heterocycles. The molecule has 126 valence electrons. The summed E-state index contributed by atoms with van der Waals surface area (Å²) < 4.78 is 17.8. The number of fused-ring (bicyclic) bond motifs is 1. The highest BCUT2D eigenvalue weighted by molar-refractivity contribution is 6.67. The molecule has 0 atom stereocenters. The van der Waals surface area contributed by atoms with Crippen LogP contribution in [0.5, 0.6) is 0 Å². The van der Waals surface area contributed by atoms with Crippen LogP contribution in [-0.4, -0.2) is 21.5 Å². The van der Waals surface area contributed by atoms with E-state index in [1.54, 1.807) is 6.92 Å². The first-order chi connectivity index (χ1) is 10.7. The van der Waals surface area contributed by atoms with E-state index < -0.39 is 15.6 Å². The summed E-state index contributed by atoms with van der Waals surface area (Å²) in [6, 6.07) is 0. The van der Waals surface area contributed by atoms with Crippen LogP contribution in [-0.2, 0) is 23.2 Å². The normalized spacial score (nSPS) is 18.5. The Labute approximate surface area is 148 Å². The molecule has 0 saturated heterocycles. The number of alkyl halides is 4. The van der Waals surface area contributed by atoms with Gasteiger partial charge in [-0.25, -0.2) is 9.18 Å². The minimum absolute atomic E-state index is 0.365. The van der Waals surface area contributed by atoms with Crippen molar-refractivity contribution in [1.29, 1.82) is 0 Å². The Morgan fingerprint density at radius 3 is 2.70 bits per heavy atom. The fraction of sp³-hybridized carbons (Fsp3) is 0.600. The van der Waals surface area contributed by atoms with Gasteiger partial charge in [0.25, 0.3) is 0 Å². The van der Waals surface area contributed by atoms with Gasteiger partial charge in [-0.1, -0.05) is 34.8 Å². The Balaban J connectivity index is 1.86. The van der Waals surface area contributed by atoms with E-state index in [2.05, 4.69) is 10.3 Å². The maximum absolute atomic E-state index is 14.5. The fourth-order valence-corrected chi connectivity index (χ4v) is 3.09. The molecule has 1 amide bonds. The summed E-state index contributed by atoms with van der Waals surface area (Å²) in [5.41, 5.74) is 2.10. The third-order valence-electron chi connectivity index (χ3n) is 4.17. The molecule has 0 aliphatic heterocycles. The van der Waals surface area contributed by atoms with Gasteiger partial charge in [0, 0.05) is 5.69 Å². The molecule has 1 aromatic rings. The summed E-state index contributed by atoms with van der Waals surface area (Å²) in [5, 5.41) is 2.68. The number of aromatic nitrogens is 1. The second-order valence-corrected chi connectivity index (χ2v) is 8.54. The van der Waals surface area contributed by atoms with Crippen LogP contribution < -0.4 is 5.32 Å². The molecule has 4 nitrogen and oxygen atoms in total. The number of aryl methyl sites for hydroxylation is 1. The molecule has 0 radical (unpaired) electrons. The SMILES string of the molecule is Cc1c(C2(F)CC2)nc2c(c1NC(=O)OCC(Cl)(Cl)Cl)CCC2. The van der Waals surface area contributed by atoms with Crippen LogP contribution in [0.25, 0.3) is 0 Å². The second kappa shape index (κ2) is 5.94. The number of carbonyl (C=O) groups is 1. The predicted molar refractivity (Wildman–Crippen MR) is 88.3 cm³/mol. The van der Waals surface area contributed by atoms with E-state index in [1.165, 1.54) is 0 Å². The van der Waals surface area contributed by atoms with Crippen molar-refractivity contribution in [2.24, 2.45) is 0 Å². The average molecular weight is 382 g/mol. The van der Waals surface area contributed by atoms with Crippen LogP contribution in [0, 0.1) is 6.92 Å². The van der Waals surface area contributed by atoms with Crippen molar-refractivity contribution in [3.05, 3.63) is 22.5 Å². The van der Waals surface area contributed by atoms with E-state index in [1.807, 2.05) is 0 Å². The van der Waals surface area contributed by atoms with Gasteiger partial charge in [0.2, 0.25) is 3.79 Å². The van der Waals surface area contributed by atoms with E-state index in [4.69, 9.17) is 39.5 Å². The maximum atomic E-state index is 14.5. The van der Waals surface area contributed by atoms with Crippen molar-refractivity contribution in [1.82, 2.24) is 4.98 Å². The Kier molecular flexibility index (Phi) is 4.40. The molecule has 1 N–H and O–H groups in total. The van der Waals surface area contributed by atoms with Gasteiger partial charge in [-0.05, 0) is 50.2 Å². The number of hydrogen-bond donors (Lipinski definition) is 1. The molecule has 1 heterocycles. The Bertz CT molecular complexity index is 657. The topological polar surface area (TPSA) is 51.2 Å². The monoisotopic (exact) mass is 380 g/mol. The van der Waals surface area contributed by atoms with Crippen LogP contribution in [0.1, 0.15) is 41.8 Å². The summed E-state index contributed by atoms with van der Waals surface area (Å²) in [6.07, 6.45) is 2.73. The standard InChI is InChI=1S/C15H16Cl3FN2O2/c1-8-11(21-13(22)23-7-15(16,17)18)9-3-2-4-10(9)20-12(8)14(19)5-6-14/h2-7H2,1H3,(H,20,21,22). The first-order valence-electron chi connectivity index (χ1n) is 7.42. The molecule has 3 rings (SSSR count). The third-order valence-corrected chi connectivity index (χ3v) is 4.50. The summed E-state index contributed by atoms with van der Waals surface area (Å²) in [4.78, 5) is 16.5. The summed E-state index contributed by atoms with van der Waals surface area (Å²) in [5.74, 6) is 0. The number of carbonyl (C=O) groups excluding carboxylic acids is 1. The minimum Gasteiger partial charge on any atom is -0.445 e. The van der Waals surface area contributed by atoms with Crippen molar-refractivity contribution in [2.45, 2.75) is 48.5 Å². The molecular formula is C15H16Cl3FN2O2.